The molecule has 2 aromatic carbocycles. The number of phenols is 1. The van der Waals surface area contributed by atoms with Gasteiger partial charge in [-0.05, 0) is 50.7 Å². The Balaban J connectivity index is 1.55. The molecule has 43 heavy (non-hydrogen) atoms. The number of ketones is 4. The predicted octanol–water partition coefficient (Wildman–Crippen LogP) is 0.318. The molecule has 0 spiro atoms. The average Bonchev–Trinajstić information content (AvgIpc) is 2.93. The van der Waals surface area contributed by atoms with Gasteiger partial charge in [0.05, 0.1) is 35.2 Å². The van der Waals surface area contributed by atoms with Crippen molar-refractivity contribution in [2.24, 2.45) is 29.4 Å². The highest BCUT2D eigenvalue weighted by molar-refractivity contribution is 6.32. The van der Waals surface area contributed by atoms with Crippen LogP contribution in [-0.2, 0) is 19.2 Å². The van der Waals surface area contributed by atoms with E-state index in [0.29, 0.717) is 0 Å². The third-order valence-corrected chi connectivity index (χ3v) is 8.96. The molecule has 0 heterocycles. The van der Waals surface area contributed by atoms with E-state index in [4.69, 9.17) is 10.5 Å². The summed E-state index contributed by atoms with van der Waals surface area (Å²) in [5, 5.41) is 36.8. The molecule has 13 heteroatoms. The normalized spacial score (nSPS) is 31.7. The number of ether oxygens (including phenoxy) is 1. The molecule has 5 rings (SSSR count). The Morgan fingerprint density at radius 3 is 2.23 bits per heavy atom. The SMILES string of the molecule is Cc1ccc(OC(=O)Nc2ccc3c(c2O)C(=O)C2C(=O)C4(O)C(=O)C(C(N)=O)C(=O)C(N(C)C)C4C(O)C2C3C)cc1. The van der Waals surface area contributed by atoms with Gasteiger partial charge in [-0.2, -0.15) is 0 Å². The average molecular weight is 594 g/mol. The summed E-state index contributed by atoms with van der Waals surface area (Å²) in [6.45, 7) is 3.44. The van der Waals surface area contributed by atoms with Gasteiger partial charge >= 0.3 is 6.09 Å². The molecule has 2 amide bonds. The standard InChI is InChI=1S/C30H31N3O10/c1-11-5-7-13(8-6-11)43-29(41)32-15-10-9-14-12(2)16-18(23(35)17(14)22(15)34)26(38)30(42)20(24(16)36)21(33(3)4)25(37)19(27(30)39)28(31)40/h5-10,12,16,18-21,24,34,36,42H,1-4H3,(H2,31,40)(H,32,41). The number of Topliss-reactive ketones (excluding diaryl/α,β-unsaturated/α-hetero) is 4. The zero-order chi connectivity index (χ0) is 31.7. The lowest BCUT2D eigenvalue weighted by Gasteiger charge is -2.56. The van der Waals surface area contributed by atoms with E-state index in [1.54, 1.807) is 31.2 Å². The molecule has 3 aliphatic carbocycles. The van der Waals surface area contributed by atoms with Gasteiger partial charge in [-0.25, -0.2) is 4.79 Å². The number of fused-ring (bicyclic) bond motifs is 3. The Kier molecular flexibility index (Phi) is 7.23. The van der Waals surface area contributed by atoms with Crippen LogP contribution in [0.1, 0.15) is 34.3 Å². The number of aromatic hydroxyl groups is 1. The number of aliphatic hydroxyl groups is 2. The van der Waals surface area contributed by atoms with Gasteiger partial charge in [-0.15, -0.1) is 0 Å². The third kappa shape index (κ3) is 4.34. The van der Waals surface area contributed by atoms with Crippen LogP contribution in [0.15, 0.2) is 36.4 Å². The maximum absolute atomic E-state index is 14.0. The highest BCUT2D eigenvalue weighted by Crippen LogP contribution is 2.55. The van der Waals surface area contributed by atoms with Crippen LogP contribution in [0.2, 0.25) is 0 Å². The number of amides is 2. The van der Waals surface area contributed by atoms with Crippen LogP contribution >= 0.6 is 0 Å². The number of nitrogens with zero attached hydrogens (tertiary/aromatic N) is 1. The van der Waals surface area contributed by atoms with E-state index >= 15 is 0 Å². The third-order valence-electron chi connectivity index (χ3n) is 8.96. The number of nitrogens with one attached hydrogen (secondary N) is 1. The Labute approximate surface area is 245 Å². The smallest absolute Gasteiger partial charge is 0.417 e. The molecule has 8 unspecified atom stereocenters. The van der Waals surface area contributed by atoms with Crippen LogP contribution < -0.4 is 15.8 Å². The molecule has 13 nitrogen and oxygen atoms in total. The number of phenolic OH excluding ortho intramolecular Hbond substituents is 1. The van der Waals surface area contributed by atoms with Crippen molar-refractivity contribution in [2.45, 2.75) is 37.5 Å². The van der Waals surface area contributed by atoms with Crippen LogP contribution in [0, 0.1) is 30.6 Å². The Morgan fingerprint density at radius 2 is 1.65 bits per heavy atom. The number of likely N-dealkylation sites (N-methyl/N-ethyl adjacent to an activating group) is 1. The molecule has 0 saturated heterocycles. The van der Waals surface area contributed by atoms with Crippen molar-refractivity contribution in [1.82, 2.24) is 4.90 Å². The lowest BCUT2D eigenvalue weighted by molar-refractivity contribution is -0.196. The first-order valence-electron chi connectivity index (χ1n) is 13.6. The van der Waals surface area contributed by atoms with Crippen molar-refractivity contribution in [2.75, 3.05) is 19.4 Å². The molecule has 6 N–H and O–H groups in total. The highest BCUT2D eigenvalue weighted by Gasteiger charge is 2.72. The molecule has 8 atom stereocenters. The number of rotatable bonds is 4. The minimum Gasteiger partial charge on any atom is -0.505 e. The molecule has 2 saturated carbocycles. The molecular weight excluding hydrogens is 562 g/mol. The summed E-state index contributed by atoms with van der Waals surface area (Å²) in [7, 11) is 2.84. The number of carbonyl (C=O) groups is 6. The number of aryl methyl sites for hydroxylation is 1. The molecular formula is C30H31N3O10. The molecule has 0 aromatic heterocycles. The van der Waals surface area contributed by atoms with Crippen LogP contribution in [-0.4, -0.2) is 87.2 Å². The van der Waals surface area contributed by atoms with Crippen LogP contribution in [0.25, 0.3) is 0 Å². The van der Waals surface area contributed by atoms with Gasteiger partial charge in [0.15, 0.2) is 34.7 Å². The van der Waals surface area contributed by atoms with Crippen LogP contribution in [0.4, 0.5) is 10.5 Å². The number of nitrogens with two attached hydrogens (primary N) is 1. The van der Waals surface area contributed by atoms with Crippen LogP contribution in [0.5, 0.6) is 11.5 Å². The second kappa shape index (κ2) is 10.4. The van der Waals surface area contributed by atoms with Gasteiger partial charge in [0.2, 0.25) is 5.91 Å². The topological polar surface area (TPSA) is 214 Å². The first kappa shape index (κ1) is 30.0. The minimum atomic E-state index is -3.10. The largest absolute Gasteiger partial charge is 0.505 e. The maximum atomic E-state index is 14.0. The van der Waals surface area contributed by atoms with Crippen molar-refractivity contribution in [3.8, 4) is 11.5 Å². The molecule has 226 valence electrons. The summed E-state index contributed by atoms with van der Waals surface area (Å²) in [6, 6.07) is 7.89. The Morgan fingerprint density at radius 1 is 1.02 bits per heavy atom. The number of carbonyl (C=O) groups excluding carboxylic acids is 6. The highest BCUT2D eigenvalue weighted by atomic mass is 16.6. The van der Waals surface area contributed by atoms with E-state index in [1.165, 1.54) is 31.1 Å². The fourth-order valence-electron chi connectivity index (χ4n) is 6.94. The fourth-order valence-corrected chi connectivity index (χ4v) is 6.94. The molecule has 0 aliphatic heterocycles. The summed E-state index contributed by atoms with van der Waals surface area (Å²) in [4.78, 5) is 80.6. The number of primary amides is 1. The van der Waals surface area contributed by atoms with Crippen LogP contribution in [0.3, 0.4) is 0 Å². The summed E-state index contributed by atoms with van der Waals surface area (Å²) >= 11 is 0. The monoisotopic (exact) mass is 593 g/mol. The van der Waals surface area contributed by atoms with E-state index < -0.39 is 88.2 Å². The van der Waals surface area contributed by atoms with Crippen molar-refractivity contribution in [1.29, 1.82) is 0 Å². The zero-order valence-corrected chi connectivity index (χ0v) is 23.7. The van der Waals surface area contributed by atoms with Crippen molar-refractivity contribution < 1.29 is 48.8 Å². The summed E-state index contributed by atoms with van der Waals surface area (Å²) in [5.74, 6) is -14.3. The lowest BCUT2D eigenvalue weighted by atomic mass is 9.49. The number of aliphatic hydroxyl groups excluding tert-OH is 1. The fraction of sp³-hybridized carbons (Fsp3) is 0.400. The minimum absolute atomic E-state index is 0.212. The second-order valence-corrected chi connectivity index (χ2v) is 11.6. The molecule has 2 fully saturated rings. The first-order valence-corrected chi connectivity index (χ1v) is 13.6. The Hall–Kier alpha value is -4.46. The molecule has 0 bridgehead atoms. The van der Waals surface area contributed by atoms with Crippen molar-refractivity contribution in [3.05, 3.63) is 53.1 Å². The van der Waals surface area contributed by atoms with Gasteiger partial charge in [-0.1, -0.05) is 30.7 Å². The summed E-state index contributed by atoms with van der Waals surface area (Å²) in [6.07, 6.45) is -2.71. The number of benzene rings is 2. The number of anilines is 1. The van der Waals surface area contributed by atoms with E-state index in [1.807, 2.05) is 6.92 Å². The molecule has 2 aromatic rings. The Bertz CT molecular complexity index is 1590. The van der Waals surface area contributed by atoms with Crippen molar-refractivity contribution >= 4 is 40.8 Å². The summed E-state index contributed by atoms with van der Waals surface area (Å²) in [5.41, 5.74) is 2.84. The molecule has 3 aliphatic rings. The van der Waals surface area contributed by atoms with E-state index in [2.05, 4.69) is 5.32 Å². The molecule has 0 radical (unpaired) electrons. The van der Waals surface area contributed by atoms with E-state index in [9.17, 15) is 44.1 Å². The quantitative estimate of drug-likeness (QED) is 0.240. The predicted molar refractivity (Wildman–Crippen MR) is 148 cm³/mol. The maximum Gasteiger partial charge on any atom is 0.417 e. The van der Waals surface area contributed by atoms with E-state index in [-0.39, 0.29) is 22.6 Å². The van der Waals surface area contributed by atoms with E-state index in [0.717, 1.165) is 5.56 Å². The first-order chi connectivity index (χ1) is 20.1. The van der Waals surface area contributed by atoms with Gasteiger partial charge in [-0.3, -0.25) is 34.2 Å². The zero-order valence-electron chi connectivity index (χ0n) is 23.7. The van der Waals surface area contributed by atoms with Gasteiger partial charge in [0, 0.05) is 5.92 Å². The van der Waals surface area contributed by atoms with Crippen molar-refractivity contribution in [3.63, 3.8) is 0 Å². The summed E-state index contributed by atoms with van der Waals surface area (Å²) < 4.78 is 5.22. The number of hydrogen-bond acceptors (Lipinski definition) is 11. The van der Waals surface area contributed by atoms with Gasteiger partial charge in [0.25, 0.3) is 0 Å². The lowest BCUT2D eigenvalue weighted by Crippen LogP contribution is -2.77. The van der Waals surface area contributed by atoms with Gasteiger partial charge < -0.3 is 25.8 Å². The van der Waals surface area contributed by atoms with Gasteiger partial charge in [0.1, 0.15) is 11.5 Å². The second-order valence-electron chi connectivity index (χ2n) is 11.6. The number of hydrogen-bond donors (Lipinski definition) is 5.